The monoisotopic (exact) mass is 294 g/mol. The van der Waals surface area contributed by atoms with Gasteiger partial charge in [-0.2, -0.15) is 13.2 Å². The van der Waals surface area contributed by atoms with Gasteiger partial charge >= 0.3 is 6.18 Å². The minimum absolute atomic E-state index is 0.479. The van der Waals surface area contributed by atoms with Crippen molar-refractivity contribution in [1.29, 1.82) is 0 Å². The number of alkyl halides is 3. The minimum atomic E-state index is -4.36. The Labute approximate surface area is 121 Å². The van der Waals surface area contributed by atoms with Crippen LogP contribution in [0.5, 0.6) is 0 Å². The van der Waals surface area contributed by atoms with E-state index in [4.69, 9.17) is 5.84 Å². The second-order valence-electron chi connectivity index (χ2n) is 5.08. The fourth-order valence-corrected chi connectivity index (χ4v) is 2.41. The van der Waals surface area contributed by atoms with Gasteiger partial charge in [0.1, 0.15) is 0 Å². The molecule has 3 N–H and O–H groups in total. The molecular weight excluding hydrogens is 277 g/mol. The lowest BCUT2D eigenvalue weighted by Gasteiger charge is -2.20. The van der Waals surface area contributed by atoms with Crippen LogP contribution in [0.4, 0.5) is 13.2 Å². The Morgan fingerprint density at radius 2 is 1.76 bits per heavy atom. The molecule has 0 aliphatic rings. The third-order valence-electron chi connectivity index (χ3n) is 3.45. The van der Waals surface area contributed by atoms with Gasteiger partial charge in [0.25, 0.3) is 0 Å². The number of hydrogen-bond acceptors (Lipinski definition) is 2. The second kappa shape index (κ2) is 5.87. The van der Waals surface area contributed by atoms with Crippen molar-refractivity contribution in [1.82, 2.24) is 5.43 Å². The molecule has 0 aliphatic carbocycles. The number of hydrazine groups is 1. The smallest absolute Gasteiger partial charge is 0.271 e. The molecule has 1 unspecified atom stereocenters. The standard InChI is InChI=1S/C16H17F3N2/c1-10-6-7-14(11(2)8-10)15(21-20)12-4-3-5-13(9-12)16(17,18)19/h3-9,15,21H,20H2,1-2H3. The van der Waals surface area contributed by atoms with Crippen LogP contribution in [0.2, 0.25) is 0 Å². The van der Waals surface area contributed by atoms with E-state index in [0.29, 0.717) is 5.56 Å². The van der Waals surface area contributed by atoms with Crippen molar-refractivity contribution in [3.8, 4) is 0 Å². The van der Waals surface area contributed by atoms with Crippen LogP contribution in [0.15, 0.2) is 42.5 Å². The summed E-state index contributed by atoms with van der Waals surface area (Å²) in [5.41, 5.74) is 5.35. The highest BCUT2D eigenvalue weighted by Gasteiger charge is 2.31. The van der Waals surface area contributed by atoms with Gasteiger partial charge in [-0.1, -0.05) is 35.9 Å². The molecule has 0 bridgehead atoms. The molecule has 2 aromatic rings. The van der Waals surface area contributed by atoms with E-state index >= 15 is 0 Å². The van der Waals surface area contributed by atoms with Gasteiger partial charge in [-0.25, -0.2) is 5.43 Å². The highest BCUT2D eigenvalue weighted by Crippen LogP contribution is 2.32. The van der Waals surface area contributed by atoms with E-state index in [-0.39, 0.29) is 0 Å². The number of nitrogens with one attached hydrogen (secondary N) is 1. The highest BCUT2D eigenvalue weighted by atomic mass is 19.4. The summed E-state index contributed by atoms with van der Waals surface area (Å²) in [4.78, 5) is 0. The van der Waals surface area contributed by atoms with Crippen LogP contribution in [0.3, 0.4) is 0 Å². The number of nitrogens with two attached hydrogens (primary N) is 1. The van der Waals surface area contributed by atoms with Crippen molar-refractivity contribution < 1.29 is 13.2 Å². The normalized spacial score (nSPS) is 13.2. The van der Waals surface area contributed by atoms with Crippen molar-refractivity contribution >= 4 is 0 Å². The van der Waals surface area contributed by atoms with Crippen LogP contribution >= 0.6 is 0 Å². The lowest BCUT2D eigenvalue weighted by Crippen LogP contribution is -2.29. The fourth-order valence-electron chi connectivity index (χ4n) is 2.41. The van der Waals surface area contributed by atoms with E-state index in [1.165, 1.54) is 6.07 Å². The number of benzene rings is 2. The maximum absolute atomic E-state index is 12.8. The first-order valence-electron chi connectivity index (χ1n) is 6.53. The van der Waals surface area contributed by atoms with Crippen LogP contribution in [0, 0.1) is 13.8 Å². The molecule has 0 saturated carbocycles. The van der Waals surface area contributed by atoms with Crippen molar-refractivity contribution in [2.75, 3.05) is 0 Å². The first-order chi connectivity index (χ1) is 9.82. The Kier molecular flexibility index (Phi) is 4.34. The van der Waals surface area contributed by atoms with Crippen molar-refractivity contribution in [2.24, 2.45) is 5.84 Å². The Morgan fingerprint density at radius 1 is 1.05 bits per heavy atom. The van der Waals surface area contributed by atoms with Crippen molar-refractivity contribution in [3.05, 3.63) is 70.3 Å². The number of halogens is 3. The summed E-state index contributed by atoms with van der Waals surface area (Å²) in [6.45, 7) is 3.88. The summed E-state index contributed by atoms with van der Waals surface area (Å²) in [5.74, 6) is 5.57. The van der Waals surface area contributed by atoms with Crippen LogP contribution in [-0.2, 0) is 6.18 Å². The molecule has 0 amide bonds. The lowest BCUT2D eigenvalue weighted by atomic mass is 9.93. The van der Waals surface area contributed by atoms with E-state index in [2.05, 4.69) is 5.43 Å². The third-order valence-corrected chi connectivity index (χ3v) is 3.45. The van der Waals surface area contributed by atoms with Crippen LogP contribution < -0.4 is 11.3 Å². The molecular formula is C16H17F3N2. The van der Waals surface area contributed by atoms with Gasteiger partial charge in [0, 0.05) is 0 Å². The predicted molar refractivity (Wildman–Crippen MR) is 76.5 cm³/mol. The predicted octanol–water partition coefficient (Wildman–Crippen LogP) is 3.87. The minimum Gasteiger partial charge on any atom is -0.271 e. The maximum atomic E-state index is 12.8. The first-order valence-corrected chi connectivity index (χ1v) is 6.53. The van der Waals surface area contributed by atoms with Crippen LogP contribution in [0.1, 0.15) is 33.9 Å². The molecule has 21 heavy (non-hydrogen) atoms. The van der Waals surface area contributed by atoms with E-state index in [1.54, 1.807) is 6.07 Å². The van der Waals surface area contributed by atoms with E-state index in [1.807, 2.05) is 32.0 Å². The largest absolute Gasteiger partial charge is 0.416 e. The van der Waals surface area contributed by atoms with E-state index in [0.717, 1.165) is 28.8 Å². The second-order valence-corrected chi connectivity index (χ2v) is 5.08. The Hall–Kier alpha value is -1.85. The maximum Gasteiger partial charge on any atom is 0.416 e. The van der Waals surface area contributed by atoms with Gasteiger partial charge < -0.3 is 0 Å². The summed E-state index contributed by atoms with van der Waals surface area (Å²) in [5, 5.41) is 0. The van der Waals surface area contributed by atoms with Gasteiger partial charge in [0.2, 0.25) is 0 Å². The summed E-state index contributed by atoms with van der Waals surface area (Å²) in [7, 11) is 0. The zero-order chi connectivity index (χ0) is 15.6. The number of aryl methyl sites for hydroxylation is 2. The van der Waals surface area contributed by atoms with Crippen molar-refractivity contribution in [2.45, 2.75) is 26.1 Å². The summed E-state index contributed by atoms with van der Waals surface area (Å²) < 4.78 is 38.5. The Balaban J connectivity index is 2.47. The van der Waals surface area contributed by atoms with E-state index < -0.39 is 17.8 Å². The lowest BCUT2D eigenvalue weighted by molar-refractivity contribution is -0.137. The Bertz CT molecular complexity index is 636. The Morgan fingerprint density at radius 3 is 2.33 bits per heavy atom. The highest BCUT2D eigenvalue weighted by molar-refractivity contribution is 5.40. The van der Waals surface area contributed by atoms with Gasteiger partial charge in [0.15, 0.2) is 0 Å². The first kappa shape index (κ1) is 15.5. The van der Waals surface area contributed by atoms with Crippen LogP contribution in [0.25, 0.3) is 0 Å². The SMILES string of the molecule is Cc1ccc(C(NN)c2cccc(C(F)(F)F)c2)c(C)c1. The molecule has 0 aromatic heterocycles. The molecule has 0 spiro atoms. The molecule has 0 heterocycles. The zero-order valence-electron chi connectivity index (χ0n) is 11.8. The molecule has 0 radical (unpaired) electrons. The molecule has 0 saturated heterocycles. The quantitative estimate of drug-likeness (QED) is 0.666. The van der Waals surface area contributed by atoms with Gasteiger partial charge in [-0.15, -0.1) is 0 Å². The molecule has 112 valence electrons. The number of rotatable bonds is 3. The summed E-state index contributed by atoms with van der Waals surface area (Å²) in [6.07, 6.45) is -4.36. The topological polar surface area (TPSA) is 38.0 Å². The van der Waals surface area contributed by atoms with E-state index in [9.17, 15) is 13.2 Å². The molecule has 5 heteroatoms. The fraction of sp³-hybridized carbons (Fsp3) is 0.250. The van der Waals surface area contributed by atoms with Crippen molar-refractivity contribution in [3.63, 3.8) is 0 Å². The van der Waals surface area contributed by atoms with Gasteiger partial charge in [-0.05, 0) is 42.7 Å². The molecule has 2 aromatic carbocycles. The van der Waals surface area contributed by atoms with Crippen LogP contribution in [-0.4, -0.2) is 0 Å². The summed E-state index contributed by atoms with van der Waals surface area (Å²) in [6, 6.07) is 10.5. The molecule has 2 rings (SSSR count). The summed E-state index contributed by atoms with van der Waals surface area (Å²) >= 11 is 0. The number of hydrogen-bond donors (Lipinski definition) is 2. The zero-order valence-corrected chi connectivity index (χ0v) is 11.8. The molecule has 2 nitrogen and oxygen atoms in total. The van der Waals surface area contributed by atoms with Gasteiger partial charge in [-0.3, -0.25) is 5.84 Å². The average Bonchev–Trinajstić information content (AvgIpc) is 2.41. The molecule has 0 aliphatic heterocycles. The third kappa shape index (κ3) is 3.43. The average molecular weight is 294 g/mol. The molecule has 1 atom stereocenters. The molecule has 0 fully saturated rings. The van der Waals surface area contributed by atoms with Gasteiger partial charge in [0.05, 0.1) is 11.6 Å².